The molecule has 0 rings (SSSR count). The van der Waals surface area contributed by atoms with Gasteiger partial charge in [0.05, 0.1) is 6.61 Å². The third-order valence-electron chi connectivity index (χ3n) is 4.59. The van der Waals surface area contributed by atoms with Crippen LogP contribution in [0.15, 0.2) is 0 Å². The van der Waals surface area contributed by atoms with Gasteiger partial charge in [0.25, 0.3) is 0 Å². The van der Waals surface area contributed by atoms with Crippen molar-refractivity contribution in [1.29, 1.82) is 0 Å². The molecule has 11 heteroatoms. The molecule has 174 valence electrons. The number of aliphatic hydroxyl groups excluding tert-OH is 1. The average Bonchev–Trinajstić information content (AvgIpc) is 2.67. The monoisotopic (exact) mass is 431 g/mol. The summed E-state index contributed by atoms with van der Waals surface area (Å²) in [5.74, 6) is -3.75. The van der Waals surface area contributed by atoms with Crippen LogP contribution < -0.4 is 27.4 Å². The highest BCUT2D eigenvalue weighted by Crippen LogP contribution is 2.08. The van der Waals surface area contributed by atoms with Gasteiger partial charge in [-0.15, -0.1) is 0 Å². The molecule has 9 N–H and O–H groups in total. The standard InChI is InChI=1S/C19H37N5O6/c1-10(2)14(17(27)22-13(19(29)30)7-5-6-8-20)24-18(28)15(11(3)4)23-16(26)12(21)9-25/h10-15,25H,5-9,20-21H2,1-4H3,(H,22,27)(H,23,26)(H,24,28)(H,29,30). The Bertz CT molecular complexity index is 584. The molecule has 11 nitrogen and oxygen atoms in total. The summed E-state index contributed by atoms with van der Waals surface area (Å²) in [5, 5.41) is 25.9. The quantitative estimate of drug-likeness (QED) is 0.158. The van der Waals surface area contributed by atoms with Gasteiger partial charge < -0.3 is 37.6 Å². The fourth-order valence-corrected chi connectivity index (χ4v) is 2.67. The molecule has 0 spiro atoms. The molecule has 0 aliphatic heterocycles. The molecule has 0 aromatic heterocycles. The first-order chi connectivity index (χ1) is 14.0. The van der Waals surface area contributed by atoms with Crippen LogP contribution in [0.1, 0.15) is 47.0 Å². The number of rotatable bonds is 14. The first-order valence-corrected chi connectivity index (χ1v) is 10.2. The Kier molecular flexibility index (Phi) is 12.8. The van der Waals surface area contributed by atoms with Crippen molar-refractivity contribution in [3.63, 3.8) is 0 Å². The highest BCUT2D eigenvalue weighted by molar-refractivity contribution is 5.94. The van der Waals surface area contributed by atoms with Gasteiger partial charge in [-0.2, -0.15) is 0 Å². The molecule has 0 saturated heterocycles. The number of aliphatic hydroxyl groups is 1. The van der Waals surface area contributed by atoms with E-state index in [0.717, 1.165) is 0 Å². The molecule has 4 atom stereocenters. The van der Waals surface area contributed by atoms with E-state index < -0.39 is 54.5 Å². The fraction of sp³-hybridized carbons (Fsp3) is 0.789. The van der Waals surface area contributed by atoms with E-state index in [2.05, 4.69) is 16.0 Å². The van der Waals surface area contributed by atoms with Gasteiger partial charge in [-0.1, -0.05) is 27.7 Å². The Labute approximate surface area is 177 Å². The molecular weight excluding hydrogens is 394 g/mol. The molecule has 0 heterocycles. The first kappa shape index (κ1) is 27.8. The van der Waals surface area contributed by atoms with E-state index in [-0.39, 0.29) is 18.3 Å². The van der Waals surface area contributed by atoms with Crippen molar-refractivity contribution in [2.75, 3.05) is 13.2 Å². The van der Waals surface area contributed by atoms with Crippen LogP contribution in [0.25, 0.3) is 0 Å². The van der Waals surface area contributed by atoms with E-state index in [1.165, 1.54) is 0 Å². The lowest BCUT2D eigenvalue weighted by Gasteiger charge is -2.28. The fourth-order valence-electron chi connectivity index (χ4n) is 2.67. The van der Waals surface area contributed by atoms with Crippen molar-refractivity contribution in [2.45, 2.75) is 71.1 Å². The van der Waals surface area contributed by atoms with Gasteiger partial charge in [-0.3, -0.25) is 14.4 Å². The van der Waals surface area contributed by atoms with Gasteiger partial charge in [0.15, 0.2) is 0 Å². The van der Waals surface area contributed by atoms with Gasteiger partial charge in [-0.05, 0) is 37.6 Å². The van der Waals surface area contributed by atoms with Crippen molar-refractivity contribution < 1.29 is 29.4 Å². The number of nitrogens with one attached hydrogen (secondary N) is 3. The molecule has 0 aliphatic rings. The maximum atomic E-state index is 12.7. The van der Waals surface area contributed by atoms with Crippen LogP contribution in [-0.4, -0.2) is 71.2 Å². The largest absolute Gasteiger partial charge is 0.480 e. The van der Waals surface area contributed by atoms with Crippen LogP contribution in [0.5, 0.6) is 0 Å². The zero-order chi connectivity index (χ0) is 23.4. The van der Waals surface area contributed by atoms with Crippen LogP contribution >= 0.6 is 0 Å². The minimum atomic E-state index is -1.17. The molecule has 30 heavy (non-hydrogen) atoms. The highest BCUT2D eigenvalue weighted by Gasteiger charge is 2.32. The van der Waals surface area contributed by atoms with E-state index in [4.69, 9.17) is 16.6 Å². The van der Waals surface area contributed by atoms with Crippen molar-refractivity contribution in [2.24, 2.45) is 23.3 Å². The van der Waals surface area contributed by atoms with Crippen molar-refractivity contribution in [1.82, 2.24) is 16.0 Å². The predicted octanol–water partition coefficient (Wildman–Crippen LogP) is -1.71. The van der Waals surface area contributed by atoms with Gasteiger partial charge in [0.1, 0.15) is 24.2 Å². The summed E-state index contributed by atoms with van der Waals surface area (Å²) in [5.41, 5.74) is 10.9. The second-order valence-electron chi connectivity index (χ2n) is 7.93. The maximum absolute atomic E-state index is 12.7. The molecule has 0 bridgehead atoms. The number of amides is 3. The van der Waals surface area contributed by atoms with Crippen LogP contribution in [0, 0.1) is 11.8 Å². The van der Waals surface area contributed by atoms with Crippen molar-refractivity contribution >= 4 is 23.7 Å². The SMILES string of the molecule is CC(C)C(NC(=O)C(N)CO)C(=O)NC(C(=O)NC(CCCCN)C(=O)O)C(C)C. The second-order valence-corrected chi connectivity index (χ2v) is 7.93. The molecule has 0 aliphatic carbocycles. The Morgan fingerprint density at radius 1 is 0.833 bits per heavy atom. The van der Waals surface area contributed by atoms with E-state index in [1.807, 2.05) is 0 Å². The van der Waals surface area contributed by atoms with E-state index >= 15 is 0 Å². The normalized spacial score (nSPS) is 15.2. The van der Waals surface area contributed by atoms with Gasteiger partial charge in [-0.25, -0.2) is 4.79 Å². The minimum absolute atomic E-state index is 0.223. The number of hydrogen-bond acceptors (Lipinski definition) is 7. The third-order valence-corrected chi connectivity index (χ3v) is 4.59. The summed E-state index contributed by atoms with van der Waals surface area (Å²) in [6.07, 6.45) is 1.40. The second kappa shape index (κ2) is 13.9. The van der Waals surface area contributed by atoms with Gasteiger partial charge >= 0.3 is 5.97 Å². The number of hydrogen-bond donors (Lipinski definition) is 7. The number of unbranched alkanes of at least 4 members (excludes halogenated alkanes) is 1. The first-order valence-electron chi connectivity index (χ1n) is 10.2. The number of carbonyl (C=O) groups excluding carboxylic acids is 3. The van der Waals surface area contributed by atoms with E-state index in [1.54, 1.807) is 27.7 Å². The number of carboxylic acids is 1. The lowest BCUT2D eigenvalue weighted by Crippen LogP contribution is -2.59. The summed E-state index contributed by atoms with van der Waals surface area (Å²) in [7, 11) is 0. The number of carboxylic acid groups (broad SMARTS) is 1. The summed E-state index contributed by atoms with van der Waals surface area (Å²) in [4.78, 5) is 48.8. The molecule has 4 unspecified atom stereocenters. The Morgan fingerprint density at radius 3 is 1.70 bits per heavy atom. The zero-order valence-electron chi connectivity index (χ0n) is 18.2. The van der Waals surface area contributed by atoms with Gasteiger partial charge in [0, 0.05) is 0 Å². The Morgan fingerprint density at radius 2 is 1.30 bits per heavy atom. The van der Waals surface area contributed by atoms with Crippen molar-refractivity contribution in [3.05, 3.63) is 0 Å². The molecule has 3 amide bonds. The molecule has 0 aromatic carbocycles. The van der Waals surface area contributed by atoms with Gasteiger partial charge in [0.2, 0.25) is 17.7 Å². The van der Waals surface area contributed by atoms with Crippen LogP contribution in [0.4, 0.5) is 0 Å². The Balaban J connectivity index is 5.25. The predicted molar refractivity (Wildman–Crippen MR) is 111 cm³/mol. The Hall–Kier alpha value is -2.24. The summed E-state index contributed by atoms with van der Waals surface area (Å²) in [6.45, 7) is 6.68. The topological polar surface area (TPSA) is 197 Å². The van der Waals surface area contributed by atoms with Crippen LogP contribution in [0.2, 0.25) is 0 Å². The van der Waals surface area contributed by atoms with Crippen LogP contribution in [0.3, 0.4) is 0 Å². The summed E-state index contributed by atoms with van der Waals surface area (Å²) >= 11 is 0. The summed E-state index contributed by atoms with van der Waals surface area (Å²) in [6, 6.07) is -4.25. The molecule has 0 radical (unpaired) electrons. The number of nitrogens with two attached hydrogens (primary N) is 2. The smallest absolute Gasteiger partial charge is 0.326 e. The molecular formula is C19H37N5O6. The molecule has 0 saturated carbocycles. The highest BCUT2D eigenvalue weighted by atomic mass is 16.4. The molecule has 0 fully saturated rings. The minimum Gasteiger partial charge on any atom is -0.480 e. The van der Waals surface area contributed by atoms with Crippen LogP contribution in [-0.2, 0) is 19.2 Å². The molecule has 0 aromatic rings. The van der Waals surface area contributed by atoms with E-state index in [9.17, 15) is 24.3 Å². The third kappa shape index (κ3) is 9.51. The van der Waals surface area contributed by atoms with Crippen molar-refractivity contribution in [3.8, 4) is 0 Å². The summed E-state index contributed by atoms with van der Waals surface area (Å²) < 4.78 is 0. The number of carbonyl (C=O) groups is 4. The maximum Gasteiger partial charge on any atom is 0.326 e. The lowest BCUT2D eigenvalue weighted by molar-refractivity contribution is -0.143. The number of aliphatic carboxylic acids is 1. The lowest BCUT2D eigenvalue weighted by atomic mass is 9.99. The average molecular weight is 432 g/mol. The zero-order valence-corrected chi connectivity index (χ0v) is 18.2. The van der Waals surface area contributed by atoms with E-state index in [0.29, 0.717) is 19.4 Å².